The molecule has 0 saturated heterocycles. The lowest BCUT2D eigenvalue weighted by Gasteiger charge is -2.16. The first-order valence-corrected chi connectivity index (χ1v) is 11.7. The second-order valence-corrected chi connectivity index (χ2v) is 8.63. The van der Waals surface area contributed by atoms with E-state index in [-0.39, 0.29) is 46.3 Å². The molecule has 2 aliphatic heterocycles. The van der Waals surface area contributed by atoms with Gasteiger partial charge in [0.25, 0.3) is 5.91 Å². The number of aryl methyl sites for hydroxylation is 1. The number of alkyl halides is 3. The summed E-state index contributed by atoms with van der Waals surface area (Å²) in [5.74, 6) is -2.92. The van der Waals surface area contributed by atoms with Gasteiger partial charge >= 0.3 is 6.18 Å². The van der Waals surface area contributed by atoms with Gasteiger partial charge in [0.15, 0.2) is 29.3 Å². The highest BCUT2D eigenvalue weighted by Gasteiger charge is 2.35. The van der Waals surface area contributed by atoms with Gasteiger partial charge in [-0.25, -0.2) is 18.7 Å². The molecular formula is C26H19F5N6O2. The Morgan fingerprint density at radius 1 is 1.05 bits per heavy atom. The van der Waals surface area contributed by atoms with E-state index in [0.29, 0.717) is 5.56 Å². The van der Waals surface area contributed by atoms with E-state index in [1.54, 1.807) is 6.92 Å². The van der Waals surface area contributed by atoms with Crippen LogP contribution in [0.15, 0.2) is 59.4 Å². The van der Waals surface area contributed by atoms with Crippen LogP contribution < -0.4 is 5.32 Å². The number of nitrogens with one attached hydrogen (secondary N) is 1. The van der Waals surface area contributed by atoms with E-state index in [2.05, 4.69) is 25.5 Å². The monoisotopic (exact) mass is 542 g/mol. The number of benzene rings is 2. The van der Waals surface area contributed by atoms with Crippen LogP contribution in [0.25, 0.3) is 34.0 Å². The van der Waals surface area contributed by atoms with Crippen LogP contribution in [0.1, 0.15) is 29.9 Å². The van der Waals surface area contributed by atoms with Gasteiger partial charge < -0.3 is 9.84 Å². The summed E-state index contributed by atoms with van der Waals surface area (Å²) >= 11 is 0. The summed E-state index contributed by atoms with van der Waals surface area (Å²) < 4.78 is 75.6. The van der Waals surface area contributed by atoms with Gasteiger partial charge in [0, 0.05) is 18.2 Å². The molecule has 0 spiro atoms. The van der Waals surface area contributed by atoms with E-state index in [1.165, 1.54) is 54.3 Å². The molecule has 1 amide bonds. The predicted molar refractivity (Wildman–Crippen MR) is 128 cm³/mol. The lowest BCUT2D eigenvalue weighted by atomic mass is 10.0. The first-order valence-electron chi connectivity index (χ1n) is 11.7. The number of halogens is 5. The molecule has 1 unspecified atom stereocenters. The number of rotatable bonds is 6. The van der Waals surface area contributed by atoms with Gasteiger partial charge in [0.2, 0.25) is 0 Å². The average molecular weight is 542 g/mol. The Morgan fingerprint density at radius 3 is 2.56 bits per heavy atom. The van der Waals surface area contributed by atoms with Crippen molar-refractivity contribution in [3.8, 4) is 34.0 Å². The maximum absolute atomic E-state index is 14.3. The Balaban J connectivity index is 1.57. The van der Waals surface area contributed by atoms with Crippen molar-refractivity contribution in [1.82, 2.24) is 30.2 Å². The number of carbonyl (C=O) groups is 1. The Hall–Kier alpha value is -4.68. The molecule has 0 saturated carbocycles. The number of hydrogen-bond acceptors (Lipinski definition) is 6. The fourth-order valence-corrected chi connectivity index (χ4v) is 4.09. The van der Waals surface area contributed by atoms with Crippen molar-refractivity contribution in [2.24, 2.45) is 0 Å². The number of hydrogen-bond donors (Lipinski definition) is 1. The van der Waals surface area contributed by atoms with E-state index in [1.807, 2.05) is 0 Å². The van der Waals surface area contributed by atoms with Crippen molar-refractivity contribution in [2.75, 3.05) is 6.54 Å². The van der Waals surface area contributed by atoms with Gasteiger partial charge in [-0.1, -0.05) is 28.9 Å². The number of fused-ring (bicyclic) bond motifs is 1. The van der Waals surface area contributed by atoms with Crippen LogP contribution in [0.4, 0.5) is 22.0 Å². The Morgan fingerprint density at radius 2 is 1.82 bits per heavy atom. The highest BCUT2D eigenvalue weighted by atomic mass is 19.4. The van der Waals surface area contributed by atoms with Gasteiger partial charge in [0.05, 0.1) is 23.5 Å². The quantitative estimate of drug-likeness (QED) is 0.287. The minimum atomic E-state index is -4.64. The molecule has 0 bridgehead atoms. The third kappa shape index (κ3) is 4.94. The summed E-state index contributed by atoms with van der Waals surface area (Å²) in [5.41, 5.74) is -0.524. The molecule has 200 valence electrons. The number of carbonyl (C=O) groups excluding carboxylic acids is 1. The molecule has 2 aliphatic rings. The summed E-state index contributed by atoms with van der Waals surface area (Å²) in [6, 6.07) is 7.36. The second kappa shape index (κ2) is 9.89. The fourth-order valence-electron chi connectivity index (χ4n) is 4.09. The third-order valence-corrected chi connectivity index (χ3v) is 5.89. The summed E-state index contributed by atoms with van der Waals surface area (Å²) in [6.45, 7) is 3.47. The molecule has 8 nitrogen and oxygen atoms in total. The van der Waals surface area contributed by atoms with E-state index in [0.717, 1.165) is 12.1 Å². The fraction of sp³-hybridized carbons (Fsp3) is 0.192. The van der Waals surface area contributed by atoms with Crippen LogP contribution in [0.5, 0.6) is 0 Å². The summed E-state index contributed by atoms with van der Waals surface area (Å²) in [5, 5.41) is 10.6. The Labute approximate surface area is 217 Å². The highest BCUT2D eigenvalue weighted by Crippen LogP contribution is 2.38. The number of amides is 1. The maximum atomic E-state index is 14.3. The minimum Gasteiger partial charge on any atom is -0.358 e. The predicted octanol–water partition coefficient (Wildman–Crippen LogP) is 5.43. The number of imidazole rings is 1. The van der Waals surface area contributed by atoms with Crippen LogP contribution in [0.3, 0.4) is 0 Å². The van der Waals surface area contributed by atoms with Crippen molar-refractivity contribution in [3.63, 3.8) is 0 Å². The molecule has 39 heavy (non-hydrogen) atoms. The molecule has 1 atom stereocenters. The molecule has 1 N–H and O–H groups in total. The zero-order chi connectivity index (χ0) is 27.9. The molecule has 1 aromatic heterocycles. The largest absolute Gasteiger partial charge is 0.417 e. The third-order valence-electron chi connectivity index (χ3n) is 5.89. The van der Waals surface area contributed by atoms with Gasteiger partial charge in [0.1, 0.15) is 17.1 Å². The molecule has 2 aromatic carbocycles. The van der Waals surface area contributed by atoms with Crippen molar-refractivity contribution in [1.29, 1.82) is 0 Å². The number of nitrogens with zero attached hydrogens (tertiary/aromatic N) is 5. The molecule has 5 rings (SSSR count). The molecule has 0 aliphatic carbocycles. The van der Waals surface area contributed by atoms with Crippen LogP contribution in [-0.2, 0) is 11.0 Å². The minimum absolute atomic E-state index is 0.0857. The lowest BCUT2D eigenvalue weighted by Crippen LogP contribution is -2.33. The van der Waals surface area contributed by atoms with Crippen LogP contribution in [0, 0.1) is 18.6 Å². The highest BCUT2D eigenvalue weighted by molar-refractivity contribution is 5.83. The van der Waals surface area contributed by atoms with E-state index < -0.39 is 35.3 Å². The lowest BCUT2D eigenvalue weighted by molar-refractivity contribution is -0.137. The van der Waals surface area contributed by atoms with Crippen LogP contribution in [-0.4, -0.2) is 37.4 Å². The van der Waals surface area contributed by atoms with Crippen molar-refractivity contribution >= 4 is 5.91 Å². The molecule has 3 aromatic rings. The van der Waals surface area contributed by atoms with Crippen molar-refractivity contribution in [2.45, 2.75) is 26.1 Å². The topological polar surface area (TPSA) is 98.7 Å². The maximum Gasteiger partial charge on any atom is 0.417 e. The average Bonchev–Trinajstić information content (AvgIpc) is 3.53. The van der Waals surface area contributed by atoms with E-state index in [4.69, 9.17) is 4.52 Å². The van der Waals surface area contributed by atoms with Crippen molar-refractivity contribution < 1.29 is 31.3 Å². The molecule has 0 radical (unpaired) electrons. The summed E-state index contributed by atoms with van der Waals surface area (Å²) in [7, 11) is 0. The van der Waals surface area contributed by atoms with Gasteiger partial charge in [-0.3, -0.25) is 9.48 Å². The van der Waals surface area contributed by atoms with Crippen LogP contribution >= 0.6 is 0 Å². The smallest absolute Gasteiger partial charge is 0.358 e. The van der Waals surface area contributed by atoms with Gasteiger partial charge in [-0.05, 0) is 32.0 Å². The van der Waals surface area contributed by atoms with Gasteiger partial charge in [-0.15, -0.1) is 0 Å². The van der Waals surface area contributed by atoms with Gasteiger partial charge in [-0.2, -0.15) is 18.3 Å². The molecule has 0 fully saturated rings. The zero-order valence-electron chi connectivity index (χ0n) is 20.4. The number of aromatic nitrogens is 5. The van der Waals surface area contributed by atoms with Crippen molar-refractivity contribution in [3.05, 3.63) is 83.4 Å². The van der Waals surface area contributed by atoms with E-state index >= 15 is 0 Å². The zero-order valence-corrected chi connectivity index (χ0v) is 20.4. The molecule has 3 heterocycles. The summed E-state index contributed by atoms with van der Waals surface area (Å²) in [4.78, 5) is 21.5. The first kappa shape index (κ1) is 25.9. The Bertz CT molecular complexity index is 1640. The standard InChI is InChI=1S/C26H19F5N6O2/c1-3-32-25(38)23(21-10-18(36-39-21)14-8-7-13(2)9-16(14)26(29,30)31)37-12-20-19(11-33-37)34-24(35-20)15-5-4-6-17(27)22(15)28/h4-12,23H,3H2,1-2H3,(H,32,38). The number of likely N-dealkylation sites (N-methyl/N-ethyl adjacent to an activating group) is 1. The first-order chi connectivity index (χ1) is 18.6. The normalized spacial score (nSPS) is 12.6. The SMILES string of the molecule is CCNC(=O)C(c1cc(-c2ccc(C)cc2C(F)(F)F)no1)n1cc2nc(-c3cccc(F)c3F)nc-2cn1. The van der Waals surface area contributed by atoms with Crippen LogP contribution in [0.2, 0.25) is 0 Å². The second-order valence-electron chi connectivity index (χ2n) is 8.63. The summed E-state index contributed by atoms with van der Waals surface area (Å²) in [6.07, 6.45) is -2.03. The van der Waals surface area contributed by atoms with E-state index in [9.17, 15) is 26.7 Å². The molecule has 13 heteroatoms. The molecular weight excluding hydrogens is 523 g/mol. The Kier molecular flexibility index (Phi) is 6.58.